The molecule has 2 unspecified atom stereocenters. The number of piperidine rings is 1. The van der Waals surface area contributed by atoms with Crippen molar-refractivity contribution in [3.63, 3.8) is 0 Å². The van der Waals surface area contributed by atoms with E-state index in [1.54, 1.807) is 0 Å². The van der Waals surface area contributed by atoms with Gasteiger partial charge in [-0.25, -0.2) is 0 Å². The Hall–Kier alpha value is -1.07. The number of nitrogens with zero attached hydrogens (tertiary/aromatic N) is 1. The molecule has 5 heteroatoms. The molecule has 1 amide bonds. The van der Waals surface area contributed by atoms with Crippen LogP contribution in [-0.2, 0) is 11.3 Å². The van der Waals surface area contributed by atoms with Crippen molar-refractivity contribution in [1.29, 1.82) is 0 Å². The quantitative estimate of drug-likeness (QED) is 0.885. The van der Waals surface area contributed by atoms with Crippen molar-refractivity contribution in [3.05, 3.63) is 28.2 Å². The average Bonchev–Trinajstić information content (AvgIpc) is 2.83. The molecule has 2 fully saturated rings. The molecule has 4 nitrogen and oxygen atoms in total. The zero-order chi connectivity index (χ0) is 14.1. The van der Waals surface area contributed by atoms with Crippen molar-refractivity contribution >= 4 is 27.5 Å². The Labute approximate surface area is 128 Å². The Morgan fingerprint density at radius 1 is 1.50 bits per heavy atom. The molecular formula is C15H20BrN3O. The van der Waals surface area contributed by atoms with Crippen LogP contribution >= 0.6 is 15.9 Å². The van der Waals surface area contributed by atoms with Gasteiger partial charge in [0.05, 0.1) is 12.0 Å². The molecule has 2 heterocycles. The lowest BCUT2D eigenvalue weighted by Crippen LogP contribution is -2.45. The van der Waals surface area contributed by atoms with Gasteiger partial charge in [-0.05, 0) is 37.6 Å². The normalized spacial score (nSPS) is 25.5. The topological polar surface area (TPSA) is 44.4 Å². The van der Waals surface area contributed by atoms with Gasteiger partial charge in [-0.2, -0.15) is 0 Å². The van der Waals surface area contributed by atoms with Crippen molar-refractivity contribution in [1.82, 2.24) is 10.6 Å². The summed E-state index contributed by atoms with van der Waals surface area (Å²) in [5, 5.41) is 6.17. The van der Waals surface area contributed by atoms with Crippen LogP contribution in [0.2, 0.25) is 0 Å². The zero-order valence-electron chi connectivity index (χ0n) is 11.7. The summed E-state index contributed by atoms with van der Waals surface area (Å²) in [6, 6.07) is 6.82. The molecule has 108 valence electrons. The summed E-state index contributed by atoms with van der Waals surface area (Å²) in [6.45, 7) is 2.67. The summed E-state index contributed by atoms with van der Waals surface area (Å²) in [7, 11) is 1.95. The van der Waals surface area contributed by atoms with Gasteiger partial charge in [-0.3, -0.25) is 4.79 Å². The molecule has 0 aromatic heterocycles. The van der Waals surface area contributed by atoms with E-state index in [2.05, 4.69) is 49.7 Å². The van der Waals surface area contributed by atoms with E-state index in [1.165, 1.54) is 11.3 Å². The first-order valence-electron chi connectivity index (χ1n) is 7.18. The zero-order valence-corrected chi connectivity index (χ0v) is 13.2. The van der Waals surface area contributed by atoms with Crippen molar-refractivity contribution in [2.24, 2.45) is 5.92 Å². The molecule has 2 aliphatic heterocycles. The number of carbonyl (C=O) groups is 1. The molecule has 3 rings (SSSR count). The van der Waals surface area contributed by atoms with E-state index in [0.29, 0.717) is 6.04 Å². The summed E-state index contributed by atoms with van der Waals surface area (Å²) in [6.07, 6.45) is 2.11. The number of benzene rings is 1. The molecule has 0 aliphatic carbocycles. The van der Waals surface area contributed by atoms with E-state index in [1.807, 2.05) is 7.05 Å². The first-order chi connectivity index (χ1) is 9.70. The van der Waals surface area contributed by atoms with Gasteiger partial charge < -0.3 is 15.5 Å². The molecule has 20 heavy (non-hydrogen) atoms. The van der Waals surface area contributed by atoms with Crippen molar-refractivity contribution in [3.8, 4) is 0 Å². The lowest BCUT2D eigenvalue weighted by Gasteiger charge is -2.38. The third-order valence-electron chi connectivity index (χ3n) is 4.34. The first-order valence-corrected chi connectivity index (χ1v) is 7.97. The van der Waals surface area contributed by atoms with Gasteiger partial charge in [-0.15, -0.1) is 0 Å². The number of hydrogen-bond donors (Lipinski definition) is 2. The van der Waals surface area contributed by atoms with Crippen molar-refractivity contribution < 1.29 is 4.79 Å². The minimum Gasteiger partial charge on any atom is -0.366 e. The summed E-state index contributed by atoms with van der Waals surface area (Å²) in [4.78, 5) is 14.2. The maximum absolute atomic E-state index is 11.8. The number of halogens is 1. The number of rotatable bonds is 3. The number of amides is 1. The Morgan fingerprint density at radius 2 is 2.35 bits per heavy atom. The van der Waals surface area contributed by atoms with Crippen LogP contribution in [0.15, 0.2) is 22.7 Å². The van der Waals surface area contributed by atoms with Crippen LogP contribution in [-0.4, -0.2) is 32.1 Å². The van der Waals surface area contributed by atoms with E-state index in [9.17, 15) is 4.79 Å². The predicted octanol–water partition coefficient (Wildman–Crippen LogP) is 1.88. The van der Waals surface area contributed by atoms with Crippen LogP contribution < -0.4 is 15.5 Å². The van der Waals surface area contributed by atoms with Crippen LogP contribution in [0.1, 0.15) is 18.4 Å². The maximum atomic E-state index is 11.8. The third-order valence-corrected chi connectivity index (χ3v) is 5.07. The molecule has 1 aromatic rings. The lowest BCUT2D eigenvalue weighted by molar-refractivity contribution is -0.122. The number of fused-ring (bicyclic) bond motifs is 1. The molecule has 0 radical (unpaired) electrons. The fourth-order valence-corrected chi connectivity index (χ4v) is 3.83. The molecule has 0 bridgehead atoms. The SMILES string of the molecule is CNCc1ccc(N2CCCC3C(=O)NCC32)cc1Br. The summed E-state index contributed by atoms with van der Waals surface area (Å²) in [5.41, 5.74) is 2.47. The van der Waals surface area contributed by atoms with Gasteiger partial charge in [0.1, 0.15) is 0 Å². The van der Waals surface area contributed by atoms with Crippen LogP contribution in [0.3, 0.4) is 0 Å². The number of carbonyl (C=O) groups excluding carboxylic acids is 1. The molecule has 2 atom stereocenters. The second-order valence-corrected chi connectivity index (χ2v) is 6.41. The van der Waals surface area contributed by atoms with Crippen molar-refractivity contribution in [2.75, 3.05) is 25.0 Å². The molecule has 1 aromatic carbocycles. The standard InChI is InChI=1S/C15H20BrN3O/c1-17-8-10-4-5-11(7-13(10)16)19-6-2-3-12-14(19)9-18-15(12)20/h4-5,7,12,14,17H,2-3,6,8-9H2,1H3,(H,18,20). The highest BCUT2D eigenvalue weighted by Crippen LogP contribution is 2.33. The molecule has 2 saturated heterocycles. The minimum atomic E-state index is 0.166. The maximum Gasteiger partial charge on any atom is 0.225 e. The fourth-order valence-electron chi connectivity index (χ4n) is 3.32. The second kappa shape index (κ2) is 5.74. The lowest BCUT2D eigenvalue weighted by atomic mass is 9.91. The van der Waals surface area contributed by atoms with Crippen LogP contribution in [0, 0.1) is 5.92 Å². The molecule has 0 spiro atoms. The van der Waals surface area contributed by atoms with Crippen molar-refractivity contribution in [2.45, 2.75) is 25.4 Å². The van der Waals surface area contributed by atoms with E-state index in [4.69, 9.17) is 0 Å². The third kappa shape index (κ3) is 2.44. The fraction of sp³-hybridized carbons (Fsp3) is 0.533. The van der Waals surface area contributed by atoms with E-state index in [-0.39, 0.29) is 11.8 Å². The number of hydrogen-bond acceptors (Lipinski definition) is 3. The Balaban J connectivity index is 1.85. The second-order valence-electron chi connectivity index (χ2n) is 5.56. The van der Waals surface area contributed by atoms with Gasteiger partial charge in [-0.1, -0.05) is 22.0 Å². The van der Waals surface area contributed by atoms with Crippen LogP contribution in [0.25, 0.3) is 0 Å². The minimum absolute atomic E-state index is 0.166. The monoisotopic (exact) mass is 337 g/mol. The van der Waals surface area contributed by atoms with E-state index < -0.39 is 0 Å². The van der Waals surface area contributed by atoms with Crippen LogP contribution in [0.4, 0.5) is 5.69 Å². The Bertz CT molecular complexity index is 520. The number of anilines is 1. The highest BCUT2D eigenvalue weighted by molar-refractivity contribution is 9.10. The Morgan fingerprint density at radius 3 is 3.10 bits per heavy atom. The highest BCUT2D eigenvalue weighted by Gasteiger charge is 2.40. The van der Waals surface area contributed by atoms with Gasteiger partial charge >= 0.3 is 0 Å². The Kier molecular flexibility index (Phi) is 3.98. The van der Waals surface area contributed by atoms with Gasteiger partial charge in [0.25, 0.3) is 0 Å². The first kappa shape index (κ1) is 13.9. The number of nitrogens with one attached hydrogen (secondary N) is 2. The van der Waals surface area contributed by atoms with Gasteiger partial charge in [0.2, 0.25) is 5.91 Å². The molecular weight excluding hydrogens is 318 g/mol. The summed E-state index contributed by atoms with van der Waals surface area (Å²) in [5.74, 6) is 0.394. The summed E-state index contributed by atoms with van der Waals surface area (Å²) >= 11 is 3.65. The largest absolute Gasteiger partial charge is 0.366 e. The van der Waals surface area contributed by atoms with Crippen LogP contribution in [0.5, 0.6) is 0 Å². The van der Waals surface area contributed by atoms with Gasteiger partial charge in [0.15, 0.2) is 0 Å². The highest BCUT2D eigenvalue weighted by atomic mass is 79.9. The smallest absolute Gasteiger partial charge is 0.225 e. The van der Waals surface area contributed by atoms with E-state index >= 15 is 0 Å². The molecule has 0 saturated carbocycles. The van der Waals surface area contributed by atoms with E-state index in [0.717, 1.165) is 36.9 Å². The molecule has 2 N–H and O–H groups in total. The van der Waals surface area contributed by atoms with Gasteiger partial charge in [0, 0.05) is 29.8 Å². The predicted molar refractivity (Wildman–Crippen MR) is 83.8 cm³/mol. The molecule has 2 aliphatic rings. The summed E-state index contributed by atoms with van der Waals surface area (Å²) < 4.78 is 1.13. The average molecular weight is 338 g/mol.